The smallest absolute Gasteiger partial charge is 0.267 e. The van der Waals surface area contributed by atoms with Crippen molar-refractivity contribution in [2.75, 3.05) is 0 Å². The Hall–Kier alpha value is -2.52. The molecule has 0 amide bonds. The fourth-order valence-electron chi connectivity index (χ4n) is 2.97. The van der Waals surface area contributed by atoms with Gasteiger partial charge < -0.3 is 0 Å². The van der Waals surface area contributed by atoms with Crippen LogP contribution in [-0.4, -0.2) is 28.2 Å². The number of H-pyrrole nitrogens is 1. The van der Waals surface area contributed by atoms with E-state index in [1.807, 2.05) is 6.92 Å². The van der Waals surface area contributed by atoms with E-state index in [1.54, 1.807) is 43.3 Å². The van der Waals surface area contributed by atoms with Crippen molar-refractivity contribution in [1.29, 1.82) is 0 Å². The second-order valence-electron chi connectivity index (χ2n) is 6.03. The highest BCUT2D eigenvalue weighted by Crippen LogP contribution is 2.26. The molecule has 4 rings (SSSR count). The first kappa shape index (κ1) is 16.9. The van der Waals surface area contributed by atoms with E-state index < -0.39 is 15.4 Å². The van der Waals surface area contributed by atoms with Gasteiger partial charge in [-0.25, -0.2) is 18.1 Å². The minimum Gasteiger partial charge on any atom is -0.267 e. The first-order valence-corrected chi connectivity index (χ1v) is 9.95. The van der Waals surface area contributed by atoms with Gasteiger partial charge >= 0.3 is 0 Å². The molecule has 1 N–H and O–H groups in total. The Morgan fingerprint density at radius 2 is 1.88 bits per heavy atom. The lowest BCUT2D eigenvalue weighted by Gasteiger charge is -2.06. The molecule has 4 aromatic rings. The van der Waals surface area contributed by atoms with E-state index in [0.29, 0.717) is 16.5 Å². The summed E-state index contributed by atoms with van der Waals surface area (Å²) in [5.41, 5.74) is 1.52. The lowest BCUT2D eigenvalue weighted by atomic mass is 10.2. The van der Waals surface area contributed by atoms with Crippen molar-refractivity contribution >= 4 is 42.3 Å². The third-order valence-corrected chi connectivity index (χ3v) is 6.48. The molecule has 132 valence electrons. The quantitative estimate of drug-likeness (QED) is 0.525. The average Bonchev–Trinajstić information content (AvgIpc) is 2.99. The summed E-state index contributed by atoms with van der Waals surface area (Å²) in [4.78, 5) is 16.4. The maximum Gasteiger partial charge on any atom is 0.281 e. The van der Waals surface area contributed by atoms with Gasteiger partial charge in [-0.05, 0) is 43.7 Å². The molecule has 9 heteroatoms. The summed E-state index contributed by atoms with van der Waals surface area (Å²) in [6.45, 7) is 3.61. The molecule has 0 fully saturated rings. The van der Waals surface area contributed by atoms with Crippen LogP contribution in [0.2, 0.25) is 0 Å². The van der Waals surface area contributed by atoms with E-state index >= 15 is 0 Å². The van der Waals surface area contributed by atoms with E-state index in [1.165, 1.54) is 4.52 Å². The summed E-state index contributed by atoms with van der Waals surface area (Å²) in [6, 6.07) is 10.1. The Kier molecular flexibility index (Phi) is 3.74. The highest BCUT2D eigenvalue weighted by atomic mass is 79.9. The summed E-state index contributed by atoms with van der Waals surface area (Å²) in [6.07, 6.45) is 0. The molecule has 0 saturated heterocycles. The number of hydrogen-bond donors (Lipinski definition) is 1. The number of nitrogens with one attached hydrogen (secondary N) is 1. The summed E-state index contributed by atoms with van der Waals surface area (Å²) in [5, 5.41) is 6.71. The van der Waals surface area contributed by atoms with Gasteiger partial charge in [0.2, 0.25) is 14.9 Å². The second kappa shape index (κ2) is 5.75. The molecule has 0 aliphatic carbocycles. The number of aryl methyl sites for hydroxylation is 2. The van der Waals surface area contributed by atoms with Gasteiger partial charge in [-0.2, -0.15) is 4.98 Å². The van der Waals surface area contributed by atoms with Crippen LogP contribution in [0.1, 0.15) is 11.1 Å². The van der Waals surface area contributed by atoms with Crippen LogP contribution >= 0.6 is 15.9 Å². The van der Waals surface area contributed by atoms with Crippen molar-refractivity contribution in [3.05, 3.63) is 62.4 Å². The number of nitrogens with zero attached hydrogens (tertiary/aromatic N) is 3. The van der Waals surface area contributed by atoms with Gasteiger partial charge in [0.25, 0.3) is 5.56 Å². The van der Waals surface area contributed by atoms with E-state index in [0.717, 1.165) is 10.0 Å². The number of sulfone groups is 1. The molecule has 0 spiro atoms. The van der Waals surface area contributed by atoms with Crippen molar-refractivity contribution in [3.8, 4) is 0 Å². The number of rotatable bonds is 2. The lowest BCUT2D eigenvalue weighted by Crippen LogP contribution is -2.12. The predicted octanol–water partition coefficient (Wildman–Crippen LogP) is 2.78. The average molecular weight is 433 g/mol. The van der Waals surface area contributed by atoms with E-state index in [-0.39, 0.29) is 15.6 Å². The van der Waals surface area contributed by atoms with Crippen LogP contribution in [0.15, 0.2) is 55.6 Å². The monoisotopic (exact) mass is 432 g/mol. The molecule has 2 aromatic carbocycles. The van der Waals surface area contributed by atoms with Crippen LogP contribution in [0, 0.1) is 13.8 Å². The van der Waals surface area contributed by atoms with Crippen molar-refractivity contribution < 1.29 is 8.42 Å². The highest BCUT2D eigenvalue weighted by Gasteiger charge is 2.27. The molecule has 0 atom stereocenters. The van der Waals surface area contributed by atoms with Crippen molar-refractivity contribution in [2.45, 2.75) is 23.8 Å². The van der Waals surface area contributed by atoms with Crippen LogP contribution in [0.3, 0.4) is 0 Å². The molecule has 0 saturated carbocycles. The van der Waals surface area contributed by atoms with Crippen molar-refractivity contribution in [3.63, 3.8) is 0 Å². The first-order chi connectivity index (χ1) is 12.3. The van der Waals surface area contributed by atoms with Crippen LogP contribution in [0.5, 0.6) is 0 Å². The van der Waals surface area contributed by atoms with Gasteiger partial charge in [0.15, 0.2) is 5.65 Å². The van der Waals surface area contributed by atoms with Gasteiger partial charge in [0, 0.05) is 4.47 Å². The zero-order valence-electron chi connectivity index (χ0n) is 13.8. The van der Waals surface area contributed by atoms with Gasteiger partial charge in [-0.15, -0.1) is 5.10 Å². The second-order valence-corrected chi connectivity index (χ2v) is 8.78. The van der Waals surface area contributed by atoms with E-state index in [4.69, 9.17) is 0 Å². The number of aromatic nitrogens is 4. The highest BCUT2D eigenvalue weighted by molar-refractivity contribution is 9.10. The molecular formula is C17H13BrN4O3S. The molecule has 7 nitrogen and oxygen atoms in total. The molecule has 0 aliphatic rings. The van der Waals surface area contributed by atoms with Crippen LogP contribution in [-0.2, 0) is 9.84 Å². The van der Waals surface area contributed by atoms with Crippen LogP contribution in [0.25, 0.3) is 16.6 Å². The molecule has 2 aromatic heterocycles. The topological polar surface area (TPSA) is 97.2 Å². The predicted molar refractivity (Wildman–Crippen MR) is 100 cm³/mol. The Morgan fingerprint density at radius 1 is 1.12 bits per heavy atom. The number of halogens is 1. The van der Waals surface area contributed by atoms with E-state index in [2.05, 4.69) is 31.2 Å². The van der Waals surface area contributed by atoms with Crippen LogP contribution < -0.4 is 5.56 Å². The minimum atomic E-state index is -3.94. The van der Waals surface area contributed by atoms with Gasteiger partial charge in [-0.3, -0.25) is 4.79 Å². The normalized spacial score (nSPS) is 12.1. The van der Waals surface area contributed by atoms with Crippen molar-refractivity contribution in [2.24, 2.45) is 0 Å². The van der Waals surface area contributed by atoms with Gasteiger partial charge in [0.05, 0.1) is 15.8 Å². The largest absolute Gasteiger partial charge is 0.281 e. The SMILES string of the molecule is Cc1ccc(S(=O)(=O)c2n[nH]n3c2nc(=O)c2ccc(Br)cc23)c(C)c1. The summed E-state index contributed by atoms with van der Waals surface area (Å²) in [7, 11) is -3.94. The van der Waals surface area contributed by atoms with Crippen LogP contribution in [0.4, 0.5) is 0 Å². The Balaban J connectivity index is 2.07. The molecule has 0 aliphatic heterocycles. The zero-order valence-corrected chi connectivity index (χ0v) is 16.2. The third kappa shape index (κ3) is 2.46. The summed E-state index contributed by atoms with van der Waals surface area (Å²) >= 11 is 3.35. The Bertz CT molecular complexity index is 1360. The maximum atomic E-state index is 13.1. The molecule has 0 unspecified atom stereocenters. The first-order valence-electron chi connectivity index (χ1n) is 7.68. The van der Waals surface area contributed by atoms with Gasteiger partial charge in [-0.1, -0.05) is 33.6 Å². The molecular weight excluding hydrogens is 420 g/mol. The van der Waals surface area contributed by atoms with E-state index in [9.17, 15) is 13.2 Å². The Morgan fingerprint density at radius 3 is 2.62 bits per heavy atom. The maximum absolute atomic E-state index is 13.1. The number of benzene rings is 2. The summed E-state index contributed by atoms with van der Waals surface area (Å²) < 4.78 is 28.4. The van der Waals surface area contributed by atoms with Crippen molar-refractivity contribution in [1.82, 2.24) is 19.8 Å². The zero-order chi connectivity index (χ0) is 18.6. The fourth-order valence-corrected chi connectivity index (χ4v) is 4.79. The molecule has 2 heterocycles. The Labute approximate surface area is 156 Å². The lowest BCUT2D eigenvalue weighted by molar-refractivity contribution is 0.592. The standard InChI is InChI=1S/C17H13BrN4O3S/c1-9-3-6-14(10(2)7-9)26(24,25)17-15-19-16(23)12-5-4-11(18)8-13(12)22(15)21-20-17/h3-8,21H,1-2H3. The fraction of sp³-hybridized carbons (Fsp3) is 0.118. The third-order valence-electron chi connectivity index (χ3n) is 4.17. The number of aromatic amines is 1. The molecule has 26 heavy (non-hydrogen) atoms. The number of fused-ring (bicyclic) bond motifs is 3. The molecule has 0 bridgehead atoms. The summed E-state index contributed by atoms with van der Waals surface area (Å²) in [5.74, 6) is 0. The minimum absolute atomic E-state index is 0.0272. The number of hydrogen-bond acceptors (Lipinski definition) is 5. The molecule has 0 radical (unpaired) electrons. The van der Waals surface area contributed by atoms with Gasteiger partial charge in [0.1, 0.15) is 0 Å².